The highest BCUT2D eigenvalue weighted by atomic mass is 35.5. The van der Waals surface area contributed by atoms with Gasteiger partial charge in [-0.1, -0.05) is 37.6 Å². The van der Waals surface area contributed by atoms with E-state index in [4.69, 9.17) is 21.1 Å². The second-order valence-corrected chi connectivity index (χ2v) is 7.37. The fraction of sp³-hybridized carbons (Fsp3) is 0.526. The van der Waals surface area contributed by atoms with Crippen LogP contribution in [0.15, 0.2) is 24.3 Å². The summed E-state index contributed by atoms with van der Waals surface area (Å²) in [6.07, 6.45) is 1.79. The van der Waals surface area contributed by atoms with Gasteiger partial charge in [-0.25, -0.2) is 4.79 Å². The van der Waals surface area contributed by atoms with Crippen molar-refractivity contribution >= 4 is 29.4 Å². The minimum atomic E-state index is -0.752. The van der Waals surface area contributed by atoms with Crippen molar-refractivity contribution in [3.8, 4) is 0 Å². The molecule has 0 heterocycles. The molecule has 142 valence electrons. The van der Waals surface area contributed by atoms with Crippen LogP contribution >= 0.6 is 11.6 Å². The molecule has 1 atom stereocenters. The normalized spacial score (nSPS) is 15.9. The zero-order valence-corrected chi connectivity index (χ0v) is 16.0. The molecule has 1 aliphatic rings. The summed E-state index contributed by atoms with van der Waals surface area (Å²) in [7, 11) is 1.27. The van der Waals surface area contributed by atoms with E-state index >= 15 is 0 Å². The summed E-state index contributed by atoms with van der Waals surface area (Å²) in [6, 6.07) is 6.30. The van der Waals surface area contributed by atoms with Gasteiger partial charge in [0.15, 0.2) is 6.61 Å². The van der Waals surface area contributed by atoms with Crippen molar-refractivity contribution in [2.75, 3.05) is 13.7 Å². The van der Waals surface area contributed by atoms with E-state index in [-0.39, 0.29) is 5.92 Å². The van der Waals surface area contributed by atoms with Gasteiger partial charge in [-0.15, -0.1) is 0 Å². The standard InChI is InChI=1S/C19H24ClNO5/c1-12(2)10-15(17(23)25-3)21-16(22)11-26-18(24)19(8-9-19)13-4-6-14(20)7-5-13/h4-7,12,15H,8-11H2,1-3H3,(H,21,22)/t15-/m0/s1. The van der Waals surface area contributed by atoms with E-state index in [2.05, 4.69) is 5.32 Å². The largest absolute Gasteiger partial charge is 0.467 e. The van der Waals surface area contributed by atoms with Gasteiger partial charge < -0.3 is 14.8 Å². The van der Waals surface area contributed by atoms with Gasteiger partial charge in [0.05, 0.1) is 12.5 Å². The third-order valence-electron chi connectivity index (χ3n) is 4.40. The van der Waals surface area contributed by atoms with Gasteiger partial charge in [-0.2, -0.15) is 0 Å². The minimum absolute atomic E-state index is 0.196. The van der Waals surface area contributed by atoms with E-state index in [0.717, 1.165) is 5.56 Å². The monoisotopic (exact) mass is 381 g/mol. The maximum atomic E-state index is 12.4. The van der Waals surface area contributed by atoms with Gasteiger partial charge in [0.1, 0.15) is 6.04 Å². The lowest BCUT2D eigenvalue weighted by atomic mass is 9.96. The topological polar surface area (TPSA) is 81.7 Å². The summed E-state index contributed by atoms with van der Waals surface area (Å²) in [5, 5.41) is 3.16. The summed E-state index contributed by atoms with van der Waals surface area (Å²) in [5.74, 6) is -1.28. The van der Waals surface area contributed by atoms with Crippen LogP contribution in [0.4, 0.5) is 0 Å². The molecule has 0 radical (unpaired) electrons. The van der Waals surface area contributed by atoms with Crippen LogP contribution < -0.4 is 5.32 Å². The number of halogens is 1. The van der Waals surface area contributed by atoms with Crippen molar-refractivity contribution in [2.24, 2.45) is 5.92 Å². The quantitative estimate of drug-likeness (QED) is 0.700. The van der Waals surface area contributed by atoms with Crippen molar-refractivity contribution in [2.45, 2.75) is 44.6 Å². The average molecular weight is 382 g/mol. The molecule has 0 aliphatic heterocycles. The van der Waals surface area contributed by atoms with E-state index < -0.39 is 35.9 Å². The summed E-state index contributed by atoms with van der Waals surface area (Å²) < 4.78 is 9.90. The Morgan fingerprint density at radius 2 is 1.81 bits per heavy atom. The number of hydrogen-bond acceptors (Lipinski definition) is 5. The first-order chi connectivity index (χ1) is 12.3. The number of ether oxygens (including phenoxy) is 2. The molecule has 1 aromatic rings. The first kappa shape index (κ1) is 20.2. The molecule has 0 bridgehead atoms. The number of carbonyl (C=O) groups excluding carboxylic acids is 3. The van der Waals surface area contributed by atoms with Crippen molar-refractivity contribution < 1.29 is 23.9 Å². The molecule has 2 rings (SSSR count). The number of benzene rings is 1. The van der Waals surface area contributed by atoms with Crippen molar-refractivity contribution in [1.82, 2.24) is 5.32 Å². The highest BCUT2D eigenvalue weighted by Crippen LogP contribution is 2.49. The van der Waals surface area contributed by atoms with E-state index in [1.165, 1.54) is 7.11 Å². The van der Waals surface area contributed by atoms with Crippen molar-refractivity contribution in [1.29, 1.82) is 0 Å². The summed E-state index contributed by atoms with van der Waals surface area (Å²) >= 11 is 5.88. The predicted octanol–water partition coefficient (Wildman–Crippen LogP) is 2.62. The van der Waals surface area contributed by atoms with Crippen LogP contribution in [-0.4, -0.2) is 37.6 Å². The number of carbonyl (C=O) groups is 3. The number of amides is 1. The van der Waals surface area contributed by atoms with Crippen LogP contribution in [0.5, 0.6) is 0 Å². The second-order valence-electron chi connectivity index (χ2n) is 6.94. The van der Waals surface area contributed by atoms with Crippen LogP contribution in [0.1, 0.15) is 38.7 Å². The summed E-state index contributed by atoms with van der Waals surface area (Å²) in [5.41, 5.74) is 0.143. The Bertz CT molecular complexity index is 667. The molecule has 1 amide bonds. The van der Waals surface area contributed by atoms with E-state index in [1.807, 2.05) is 13.8 Å². The van der Waals surface area contributed by atoms with E-state index in [9.17, 15) is 14.4 Å². The number of methoxy groups -OCH3 is 1. The molecule has 1 fully saturated rings. The van der Waals surface area contributed by atoms with Gasteiger partial charge in [-0.05, 0) is 42.9 Å². The SMILES string of the molecule is COC(=O)[C@H](CC(C)C)NC(=O)COC(=O)C1(c2ccc(Cl)cc2)CC1. The van der Waals surface area contributed by atoms with Gasteiger partial charge in [0, 0.05) is 5.02 Å². The Morgan fingerprint density at radius 1 is 1.19 bits per heavy atom. The average Bonchev–Trinajstić information content (AvgIpc) is 3.40. The molecule has 0 saturated heterocycles. The fourth-order valence-corrected chi connectivity index (χ4v) is 2.96. The molecule has 0 aromatic heterocycles. The highest BCUT2D eigenvalue weighted by Gasteiger charge is 2.52. The van der Waals surface area contributed by atoms with Gasteiger partial charge in [0.25, 0.3) is 5.91 Å². The molecule has 7 heteroatoms. The zero-order valence-electron chi connectivity index (χ0n) is 15.2. The van der Waals surface area contributed by atoms with Gasteiger partial charge in [0.2, 0.25) is 0 Å². The van der Waals surface area contributed by atoms with E-state index in [1.54, 1.807) is 24.3 Å². The highest BCUT2D eigenvalue weighted by molar-refractivity contribution is 6.30. The lowest BCUT2D eigenvalue weighted by Gasteiger charge is -2.19. The van der Waals surface area contributed by atoms with Crippen molar-refractivity contribution in [3.05, 3.63) is 34.9 Å². The van der Waals surface area contributed by atoms with E-state index in [0.29, 0.717) is 24.3 Å². The van der Waals surface area contributed by atoms with Crippen molar-refractivity contribution in [3.63, 3.8) is 0 Å². The molecular formula is C19H24ClNO5. The molecule has 0 spiro atoms. The summed E-state index contributed by atoms with van der Waals surface area (Å²) in [4.78, 5) is 36.3. The lowest BCUT2D eigenvalue weighted by molar-refractivity contribution is -0.152. The molecule has 26 heavy (non-hydrogen) atoms. The number of rotatable bonds is 8. The number of nitrogens with one attached hydrogen (secondary N) is 1. The number of hydrogen-bond donors (Lipinski definition) is 1. The Morgan fingerprint density at radius 3 is 2.31 bits per heavy atom. The van der Waals surface area contributed by atoms with Crippen LogP contribution in [0.2, 0.25) is 5.02 Å². The summed E-state index contributed by atoms with van der Waals surface area (Å²) in [6.45, 7) is 3.44. The maximum absolute atomic E-state index is 12.4. The van der Waals surface area contributed by atoms with Gasteiger partial charge in [-0.3, -0.25) is 9.59 Å². The number of esters is 2. The Labute approximate surface area is 158 Å². The smallest absolute Gasteiger partial charge is 0.328 e. The molecule has 1 aliphatic carbocycles. The predicted molar refractivity (Wildman–Crippen MR) is 96.7 cm³/mol. The molecule has 1 N–H and O–H groups in total. The first-order valence-electron chi connectivity index (χ1n) is 8.59. The molecule has 6 nitrogen and oxygen atoms in total. The molecule has 1 saturated carbocycles. The zero-order chi connectivity index (χ0) is 19.3. The Kier molecular flexibility index (Phi) is 6.64. The lowest BCUT2D eigenvalue weighted by Crippen LogP contribution is -2.44. The maximum Gasteiger partial charge on any atom is 0.328 e. The van der Waals surface area contributed by atoms with Crippen LogP contribution in [0, 0.1) is 5.92 Å². The van der Waals surface area contributed by atoms with Crippen LogP contribution in [0.25, 0.3) is 0 Å². The molecule has 1 aromatic carbocycles. The Hall–Kier alpha value is -2.08. The minimum Gasteiger partial charge on any atom is -0.467 e. The van der Waals surface area contributed by atoms with Crippen LogP contribution in [-0.2, 0) is 29.3 Å². The third-order valence-corrected chi connectivity index (χ3v) is 4.65. The first-order valence-corrected chi connectivity index (χ1v) is 8.97. The molecule has 0 unspecified atom stereocenters. The second kappa shape index (κ2) is 8.54. The third kappa shape index (κ3) is 4.97. The van der Waals surface area contributed by atoms with Crippen LogP contribution in [0.3, 0.4) is 0 Å². The fourth-order valence-electron chi connectivity index (χ4n) is 2.84. The Balaban J connectivity index is 1.91. The van der Waals surface area contributed by atoms with Gasteiger partial charge >= 0.3 is 11.9 Å². The molecular weight excluding hydrogens is 358 g/mol.